The van der Waals surface area contributed by atoms with Gasteiger partial charge in [0.1, 0.15) is 12.4 Å². The van der Waals surface area contributed by atoms with Crippen molar-refractivity contribution < 1.29 is 80.5 Å². The second-order valence-electron chi connectivity index (χ2n) is 8.31. The Morgan fingerprint density at radius 3 is 1.82 bits per heavy atom. The molecule has 0 aromatic heterocycles. The molecule has 0 bridgehead atoms. The molecule has 1 heterocycles. The number of benzene rings is 1. The standard InChI is InChI=1S/C24H29NO4Si.6CO.2Co/c1-24(2,3)30(5,6)29-22-18-19-14-11-12-15-20(19)25(23(27)28-4)21(22)16-10-8-7-9-13-17-26;6*1-2;;/h7-8,11-12,14-15,18,21,26H,17H2,1-6H3;;;;;;;;/b8-7-;;;;;;;;. The maximum Gasteiger partial charge on any atom is 0 e. The predicted molar refractivity (Wildman–Crippen MR) is 147 cm³/mol. The Hall–Kier alpha value is -3.48. The van der Waals surface area contributed by atoms with Crippen LogP contribution in [0.5, 0.6) is 0 Å². The molecule has 11 nitrogen and oxygen atoms in total. The maximum atomic E-state index is 12.7. The average Bonchev–Trinajstić information content (AvgIpc) is 3.03. The summed E-state index contributed by atoms with van der Waals surface area (Å²) < 4.78 is 56.7. The van der Waals surface area contributed by atoms with E-state index in [1.54, 1.807) is 12.2 Å². The van der Waals surface area contributed by atoms with Crippen molar-refractivity contribution in [2.75, 3.05) is 18.6 Å². The van der Waals surface area contributed by atoms with Crippen LogP contribution < -0.4 is 4.90 Å². The van der Waals surface area contributed by atoms with E-state index in [1.807, 2.05) is 30.3 Å². The zero-order valence-electron chi connectivity index (χ0n) is 24.6. The molecule has 1 unspecified atom stereocenters. The minimum atomic E-state index is -2.18. The fourth-order valence-corrected chi connectivity index (χ4v) is 3.68. The second kappa shape index (κ2) is 35.7. The van der Waals surface area contributed by atoms with Crippen molar-refractivity contribution in [3.8, 4) is 23.7 Å². The van der Waals surface area contributed by atoms with Crippen LogP contribution in [0.2, 0.25) is 18.1 Å². The van der Waals surface area contributed by atoms with Gasteiger partial charge in [-0.05, 0) is 42.4 Å². The van der Waals surface area contributed by atoms with Crippen LogP contribution in [-0.2, 0) is 70.6 Å². The first-order valence-electron chi connectivity index (χ1n) is 11.0. The number of para-hydroxylation sites is 1. The Balaban J connectivity index is -0.000000174. The molecule has 1 aliphatic rings. The fraction of sp³-hybridized carbons (Fsp3) is 0.300. The molecule has 2 rings (SSSR count). The van der Waals surface area contributed by atoms with Gasteiger partial charge < -0.3 is 14.3 Å². The molecule has 0 spiro atoms. The number of rotatable bonds is 2. The van der Waals surface area contributed by atoms with Crippen molar-refractivity contribution in [1.29, 1.82) is 0 Å². The van der Waals surface area contributed by atoms with Crippen LogP contribution in [0.4, 0.5) is 10.5 Å². The Morgan fingerprint density at radius 2 is 1.39 bits per heavy atom. The van der Waals surface area contributed by atoms with Gasteiger partial charge in [0.25, 0.3) is 0 Å². The number of aliphatic hydroxyl groups excluding tert-OH is 1. The first-order valence-corrected chi connectivity index (χ1v) is 13.9. The number of carbonyl (C=O) groups excluding carboxylic acids is 1. The molecule has 236 valence electrons. The van der Waals surface area contributed by atoms with E-state index in [4.69, 9.17) is 42.2 Å². The normalized spacial score (nSPS) is 11.1. The van der Waals surface area contributed by atoms with Gasteiger partial charge in [-0.3, -0.25) is 4.90 Å². The van der Waals surface area contributed by atoms with Gasteiger partial charge in [-0.2, -0.15) is 0 Å². The third kappa shape index (κ3) is 20.4. The fourth-order valence-electron chi connectivity index (χ4n) is 2.61. The van der Waals surface area contributed by atoms with E-state index in [2.05, 4.69) is 97.4 Å². The van der Waals surface area contributed by atoms with Gasteiger partial charge in [-0.15, -0.1) is 0 Å². The number of nitrogens with zero attached hydrogens (tertiary/aromatic N) is 1. The van der Waals surface area contributed by atoms with Crippen molar-refractivity contribution in [2.45, 2.75) is 44.9 Å². The monoisotopic (exact) mass is 709 g/mol. The summed E-state index contributed by atoms with van der Waals surface area (Å²) in [5, 5.41) is 8.71. The van der Waals surface area contributed by atoms with E-state index in [-0.39, 0.29) is 45.2 Å². The molecule has 2 radical (unpaired) electrons. The largest absolute Gasteiger partial charge is 0 e. The molecule has 1 aliphatic heterocycles. The number of ether oxygens (including phenoxy) is 1. The zero-order chi connectivity index (χ0) is 34.4. The summed E-state index contributed by atoms with van der Waals surface area (Å²) in [7, 11) is -0.824. The van der Waals surface area contributed by atoms with Gasteiger partial charge in [0.05, 0.1) is 12.8 Å². The van der Waals surface area contributed by atoms with Gasteiger partial charge in [-0.25, -0.2) is 4.79 Å². The van der Waals surface area contributed by atoms with Gasteiger partial charge in [0, 0.05) is 39.1 Å². The van der Waals surface area contributed by atoms with Gasteiger partial charge in [0.15, 0.2) is 6.04 Å². The quantitative estimate of drug-likeness (QED) is 0.208. The molecule has 1 atom stereocenters. The Labute approximate surface area is 280 Å². The number of anilines is 1. The minimum Gasteiger partial charge on any atom is 0 e. The summed E-state index contributed by atoms with van der Waals surface area (Å²) in [6.07, 6.45) is 4.60. The van der Waals surface area contributed by atoms with Crippen LogP contribution in [0.15, 0.2) is 42.2 Å². The van der Waals surface area contributed by atoms with Crippen molar-refractivity contribution in [1.82, 2.24) is 0 Å². The average molecular weight is 710 g/mol. The smallest absolute Gasteiger partial charge is 0 e. The molecule has 1 N–H and O–H groups in total. The molecule has 0 saturated heterocycles. The van der Waals surface area contributed by atoms with Gasteiger partial charge >= 0.3 is 73.9 Å². The van der Waals surface area contributed by atoms with Gasteiger partial charge in [-0.1, -0.05) is 62.7 Å². The minimum absolute atomic E-state index is 0. The maximum absolute atomic E-state index is 12.7. The zero-order valence-corrected chi connectivity index (χ0v) is 27.6. The van der Waals surface area contributed by atoms with E-state index in [0.29, 0.717) is 5.76 Å². The topological polar surface area (TPSA) is 178 Å². The first kappa shape index (κ1) is 56.3. The van der Waals surface area contributed by atoms with E-state index in [0.717, 1.165) is 11.3 Å². The molecule has 14 heteroatoms. The number of allylic oxidation sites excluding steroid dienone is 2. The van der Waals surface area contributed by atoms with Crippen LogP contribution in [0.25, 0.3) is 6.08 Å². The summed E-state index contributed by atoms with van der Waals surface area (Å²) in [6, 6.07) is 6.97. The number of carbonyl (C=O) groups is 1. The molecule has 0 aliphatic carbocycles. The Bertz CT molecular complexity index is 1200. The van der Waals surface area contributed by atoms with Crippen LogP contribution in [0, 0.1) is 63.6 Å². The number of fused-ring (bicyclic) bond motifs is 1. The van der Waals surface area contributed by atoms with Crippen LogP contribution in [-0.4, -0.2) is 39.3 Å². The Morgan fingerprint density at radius 1 is 0.932 bits per heavy atom. The number of hydrogen-bond acceptors (Lipinski definition) is 4. The van der Waals surface area contributed by atoms with Crippen molar-refractivity contribution in [3.63, 3.8) is 0 Å². The molecule has 0 fully saturated rings. The summed E-state index contributed by atoms with van der Waals surface area (Å²) in [6.45, 7) is 37.6. The third-order valence-electron chi connectivity index (χ3n) is 5.22. The summed E-state index contributed by atoms with van der Waals surface area (Å²) in [5.74, 6) is 11.9. The molecule has 1 aromatic carbocycles. The first-order chi connectivity index (χ1) is 20.1. The molecular formula is C30H29Co2NO10Si. The summed E-state index contributed by atoms with van der Waals surface area (Å²) >= 11 is 0. The van der Waals surface area contributed by atoms with E-state index in [1.165, 1.54) is 12.0 Å². The number of hydrogen-bond donors (Lipinski definition) is 1. The van der Waals surface area contributed by atoms with Crippen molar-refractivity contribution in [3.05, 3.63) is 87.6 Å². The van der Waals surface area contributed by atoms with E-state index in [9.17, 15) is 4.79 Å². The molecule has 0 saturated carbocycles. The van der Waals surface area contributed by atoms with Crippen LogP contribution in [0.3, 0.4) is 0 Å². The van der Waals surface area contributed by atoms with Crippen LogP contribution in [0.1, 0.15) is 26.3 Å². The number of methoxy groups -OCH3 is 1. The van der Waals surface area contributed by atoms with Crippen molar-refractivity contribution in [2.24, 2.45) is 0 Å². The molecule has 44 heavy (non-hydrogen) atoms. The van der Waals surface area contributed by atoms with Crippen molar-refractivity contribution >= 4 is 26.2 Å². The predicted octanol–water partition coefficient (Wildman–Crippen LogP) is 4.33. The van der Waals surface area contributed by atoms with E-state index < -0.39 is 20.5 Å². The summed E-state index contributed by atoms with van der Waals surface area (Å²) in [5.41, 5.74) is 1.59. The van der Waals surface area contributed by atoms with Crippen LogP contribution >= 0.6 is 0 Å². The van der Waals surface area contributed by atoms with Gasteiger partial charge in [0.2, 0.25) is 8.32 Å². The molecule has 1 amide bonds. The molecular weight excluding hydrogens is 680 g/mol. The van der Waals surface area contributed by atoms with E-state index >= 15 is 0 Å². The Kier molecular flexibility index (Phi) is 45.7. The summed E-state index contributed by atoms with van der Waals surface area (Å²) in [4.78, 5) is 14.2. The number of aliphatic hydroxyl groups is 1. The SMILES string of the molecule is COC(=O)N1c2ccccc2C=C(O[Si](C)(C)C(C)(C)C)C1C#C/C=C\C#CCO.[C-]#[O+].[C-]#[O+].[C-]#[O+].[C-]#[O+].[C-]#[O+].[C-]#[O+].[Co].[Co]. The number of amides is 1. The second-order valence-corrected chi connectivity index (χ2v) is 13.0. The third-order valence-corrected chi connectivity index (χ3v) is 9.58. The molecule has 1 aromatic rings.